The third-order valence-corrected chi connectivity index (χ3v) is 8.16. The quantitative estimate of drug-likeness (QED) is 0.112. The number of thioether (sulfide) groups is 1. The number of rotatable bonds is 18. The van der Waals surface area contributed by atoms with E-state index in [2.05, 4.69) is 16.0 Å². The number of anilines is 1. The Labute approximate surface area is 259 Å². The van der Waals surface area contributed by atoms with Crippen LogP contribution in [0.4, 0.5) is 5.69 Å². The maximum atomic E-state index is 12.8. The fraction of sp³-hybridized carbons (Fsp3) is 0.552. The largest absolute Gasteiger partial charge is 0.380 e. The normalized spacial score (nSPS) is 16.9. The van der Waals surface area contributed by atoms with E-state index in [1.54, 1.807) is 31.2 Å². The fourth-order valence-corrected chi connectivity index (χ4v) is 5.60. The number of hydrogen-bond acceptors (Lipinski definition) is 10. The molecule has 2 heterocycles. The lowest BCUT2D eigenvalue weighted by atomic mass is 10.1. The highest BCUT2D eigenvalue weighted by Crippen LogP contribution is 2.25. The van der Waals surface area contributed by atoms with Crippen molar-refractivity contribution < 1.29 is 43.0 Å². The number of carbonyl (C=O) groups is 7. The van der Waals surface area contributed by atoms with E-state index in [0.29, 0.717) is 38.3 Å². The zero-order valence-corrected chi connectivity index (χ0v) is 25.7. The van der Waals surface area contributed by atoms with Crippen LogP contribution in [0.3, 0.4) is 0 Å². The van der Waals surface area contributed by atoms with Crippen molar-refractivity contribution in [1.82, 2.24) is 20.4 Å². The Kier molecular flexibility index (Phi) is 13.8. The molecule has 15 heteroatoms. The molecule has 7 amide bonds. The van der Waals surface area contributed by atoms with Gasteiger partial charge in [-0.3, -0.25) is 43.4 Å². The third-order valence-electron chi connectivity index (χ3n) is 6.87. The highest BCUT2D eigenvalue weighted by Gasteiger charge is 2.38. The van der Waals surface area contributed by atoms with Crippen LogP contribution in [-0.2, 0) is 49.5 Å². The Morgan fingerprint density at radius 1 is 1.00 bits per heavy atom. The van der Waals surface area contributed by atoms with Crippen molar-refractivity contribution in [2.24, 2.45) is 0 Å². The monoisotopic (exact) mass is 633 g/mol. The summed E-state index contributed by atoms with van der Waals surface area (Å²) in [5.74, 6) is -2.49. The predicted octanol–water partition coefficient (Wildman–Crippen LogP) is -0.149. The van der Waals surface area contributed by atoms with E-state index in [9.17, 15) is 33.6 Å². The number of imide groups is 2. The molecule has 3 rings (SSSR count). The summed E-state index contributed by atoms with van der Waals surface area (Å²) >= 11 is 1.12. The Balaban J connectivity index is 1.41. The van der Waals surface area contributed by atoms with E-state index in [-0.39, 0.29) is 55.3 Å². The number of aryl methyl sites for hydroxylation is 1. The first kappa shape index (κ1) is 34.7. The second-order valence-electron chi connectivity index (χ2n) is 10.0. The Bertz CT molecular complexity index is 1230. The van der Waals surface area contributed by atoms with Crippen LogP contribution in [-0.4, -0.2) is 114 Å². The van der Waals surface area contributed by atoms with Gasteiger partial charge in [-0.15, -0.1) is 11.8 Å². The molecule has 44 heavy (non-hydrogen) atoms. The Morgan fingerprint density at radius 3 is 2.34 bits per heavy atom. The summed E-state index contributed by atoms with van der Waals surface area (Å²) in [6.45, 7) is 4.37. The van der Waals surface area contributed by atoms with Crippen LogP contribution in [0.1, 0.15) is 38.7 Å². The summed E-state index contributed by atoms with van der Waals surface area (Å²) in [5.41, 5.74) is 1.37. The summed E-state index contributed by atoms with van der Waals surface area (Å²) in [7, 11) is 0. The van der Waals surface area contributed by atoms with Gasteiger partial charge in [-0.1, -0.05) is 12.1 Å². The zero-order chi connectivity index (χ0) is 32.1. The molecular formula is C29H39N5O9S. The van der Waals surface area contributed by atoms with Gasteiger partial charge in [0.25, 0.3) is 0 Å². The first-order valence-electron chi connectivity index (χ1n) is 14.5. The number of benzene rings is 1. The first-order valence-corrected chi connectivity index (χ1v) is 15.6. The van der Waals surface area contributed by atoms with Gasteiger partial charge in [-0.2, -0.15) is 0 Å². The molecule has 1 unspecified atom stereocenters. The number of carbonyl (C=O) groups excluding carboxylic acids is 7. The van der Waals surface area contributed by atoms with Crippen molar-refractivity contribution in [3.05, 3.63) is 29.8 Å². The minimum Gasteiger partial charge on any atom is -0.380 e. The number of nitrogens with zero attached hydrogens (tertiary/aromatic N) is 2. The predicted molar refractivity (Wildman–Crippen MR) is 160 cm³/mol. The SMILES string of the molecule is CCOCCNC(=O)[C@H](CSC1CC(=O)N(CC)C1=O)NC(=O)COCC(=O)Nc1ccc(CCC(=O)N2CCC2=O)cc1. The van der Waals surface area contributed by atoms with Gasteiger partial charge >= 0.3 is 0 Å². The minimum absolute atomic E-state index is 0.0332. The molecule has 1 aromatic rings. The maximum absolute atomic E-state index is 12.8. The highest BCUT2D eigenvalue weighted by atomic mass is 32.2. The van der Waals surface area contributed by atoms with Gasteiger partial charge < -0.3 is 25.4 Å². The molecule has 0 aromatic heterocycles. The van der Waals surface area contributed by atoms with Crippen LogP contribution >= 0.6 is 11.8 Å². The average molecular weight is 634 g/mol. The van der Waals surface area contributed by atoms with Gasteiger partial charge in [-0.05, 0) is 38.0 Å². The highest BCUT2D eigenvalue weighted by molar-refractivity contribution is 8.00. The number of hydrogen-bond donors (Lipinski definition) is 3. The molecule has 0 saturated carbocycles. The second-order valence-corrected chi connectivity index (χ2v) is 11.3. The smallest absolute Gasteiger partial charge is 0.250 e. The summed E-state index contributed by atoms with van der Waals surface area (Å²) in [6, 6.07) is 5.87. The van der Waals surface area contributed by atoms with Crippen LogP contribution in [0.25, 0.3) is 0 Å². The van der Waals surface area contributed by atoms with E-state index in [1.807, 2.05) is 6.92 Å². The molecule has 2 fully saturated rings. The Morgan fingerprint density at radius 2 is 1.73 bits per heavy atom. The molecule has 2 atom stereocenters. The molecule has 2 aliphatic rings. The van der Waals surface area contributed by atoms with Crippen molar-refractivity contribution in [2.75, 3.05) is 57.1 Å². The van der Waals surface area contributed by atoms with Gasteiger partial charge in [0.1, 0.15) is 19.3 Å². The first-order chi connectivity index (χ1) is 21.1. The summed E-state index contributed by atoms with van der Waals surface area (Å²) in [4.78, 5) is 87.9. The van der Waals surface area contributed by atoms with Crippen molar-refractivity contribution in [2.45, 2.75) is 50.8 Å². The van der Waals surface area contributed by atoms with Crippen molar-refractivity contribution in [3.8, 4) is 0 Å². The number of likely N-dealkylation sites (tertiary alicyclic amines) is 2. The number of amides is 7. The molecule has 3 N–H and O–H groups in total. The lowest BCUT2D eigenvalue weighted by Crippen LogP contribution is -2.50. The topological polar surface area (TPSA) is 181 Å². The van der Waals surface area contributed by atoms with Gasteiger partial charge in [0.15, 0.2) is 0 Å². The van der Waals surface area contributed by atoms with Gasteiger partial charge in [0, 0.05) is 56.9 Å². The van der Waals surface area contributed by atoms with Crippen molar-refractivity contribution >= 4 is 58.8 Å². The van der Waals surface area contributed by atoms with Crippen LogP contribution in [0, 0.1) is 0 Å². The molecule has 0 bridgehead atoms. The number of β-lactam (4-membered cyclic amide) rings is 1. The van der Waals surface area contributed by atoms with Gasteiger partial charge in [0.2, 0.25) is 41.4 Å². The molecule has 2 saturated heterocycles. The van der Waals surface area contributed by atoms with Crippen molar-refractivity contribution in [1.29, 1.82) is 0 Å². The summed E-state index contributed by atoms with van der Waals surface area (Å²) < 4.78 is 10.5. The molecule has 0 aliphatic carbocycles. The molecule has 1 aromatic carbocycles. The van der Waals surface area contributed by atoms with E-state index in [4.69, 9.17) is 9.47 Å². The van der Waals surface area contributed by atoms with Crippen LogP contribution in [0.15, 0.2) is 24.3 Å². The molecule has 0 radical (unpaired) electrons. The molecule has 0 spiro atoms. The average Bonchev–Trinajstić information content (AvgIpc) is 3.27. The Hall–Kier alpha value is -3.82. The summed E-state index contributed by atoms with van der Waals surface area (Å²) in [5, 5.41) is 7.27. The van der Waals surface area contributed by atoms with Crippen LogP contribution < -0.4 is 16.0 Å². The molecular weight excluding hydrogens is 594 g/mol. The van der Waals surface area contributed by atoms with E-state index in [0.717, 1.165) is 17.3 Å². The molecule has 2 aliphatic heterocycles. The molecule has 14 nitrogen and oxygen atoms in total. The van der Waals surface area contributed by atoms with Gasteiger partial charge in [0.05, 0.1) is 11.9 Å². The van der Waals surface area contributed by atoms with Crippen molar-refractivity contribution in [3.63, 3.8) is 0 Å². The van der Waals surface area contributed by atoms with Crippen LogP contribution in [0.5, 0.6) is 0 Å². The van der Waals surface area contributed by atoms with E-state index < -0.39 is 42.2 Å². The van der Waals surface area contributed by atoms with E-state index in [1.165, 1.54) is 9.80 Å². The number of ether oxygens (including phenoxy) is 2. The lowest BCUT2D eigenvalue weighted by Gasteiger charge is -2.28. The number of nitrogens with one attached hydrogen (secondary N) is 3. The second kappa shape index (κ2) is 17.5. The minimum atomic E-state index is -1.01. The summed E-state index contributed by atoms with van der Waals surface area (Å²) in [6.07, 6.45) is 1.13. The lowest BCUT2D eigenvalue weighted by molar-refractivity contribution is -0.152. The maximum Gasteiger partial charge on any atom is 0.250 e. The van der Waals surface area contributed by atoms with E-state index >= 15 is 0 Å². The molecule has 240 valence electrons. The third kappa shape index (κ3) is 10.4. The standard InChI is InChI=1S/C29H39N5O9S/c1-3-33-27(39)15-22(29(33)41)44-18-21(28(40)30-12-14-42-4-2)32-24(36)17-43-16-23(35)31-20-8-5-19(6-9-20)7-10-25(37)34-13-11-26(34)38/h5-6,8-9,21-22H,3-4,7,10-18H2,1-2H3,(H,30,40)(H,31,35)(H,32,36)/t21-,22?/m0/s1. The van der Waals surface area contributed by atoms with Crippen LogP contribution in [0.2, 0.25) is 0 Å². The fourth-order valence-electron chi connectivity index (χ4n) is 4.41. The van der Waals surface area contributed by atoms with Gasteiger partial charge in [-0.25, -0.2) is 0 Å². The zero-order valence-electron chi connectivity index (χ0n) is 24.9.